The molecule has 0 radical (unpaired) electrons. The van der Waals surface area contributed by atoms with Crippen LogP contribution < -0.4 is 0 Å². The zero-order valence-corrected chi connectivity index (χ0v) is 25.8. The third-order valence-electron chi connectivity index (χ3n) is 8.23. The van der Waals surface area contributed by atoms with Gasteiger partial charge in [-0.05, 0) is 41.5 Å². The minimum absolute atomic E-state index is 0.618. The van der Waals surface area contributed by atoms with E-state index in [9.17, 15) is 0 Å². The fraction of sp³-hybridized carbons (Fsp3) is 0. The van der Waals surface area contributed by atoms with Gasteiger partial charge >= 0.3 is 0 Å². The third-order valence-corrected chi connectivity index (χ3v) is 9.43. The van der Waals surface area contributed by atoms with Crippen LogP contribution in [0.25, 0.3) is 87.9 Å². The normalized spacial score (nSPS) is 11.4. The molecule has 220 valence electrons. The largest absolute Gasteiger partial charge is 0.253 e. The summed E-state index contributed by atoms with van der Waals surface area (Å²) >= 11 is 1.74. The van der Waals surface area contributed by atoms with Crippen molar-refractivity contribution >= 4 is 42.5 Å². The number of fused-ring (bicyclic) bond motifs is 4. The highest BCUT2D eigenvalue weighted by molar-refractivity contribution is 7.26. The summed E-state index contributed by atoms with van der Waals surface area (Å²) < 4.78 is 2.36. The summed E-state index contributed by atoms with van der Waals surface area (Å²) in [7, 11) is 0. The average molecular weight is 621 g/mol. The second-order valence-electron chi connectivity index (χ2n) is 11.2. The highest BCUT2D eigenvalue weighted by atomic mass is 32.1. The van der Waals surface area contributed by atoms with Gasteiger partial charge < -0.3 is 0 Å². The van der Waals surface area contributed by atoms with Crippen LogP contribution in [0.2, 0.25) is 0 Å². The first kappa shape index (κ1) is 27.2. The second kappa shape index (κ2) is 11.3. The molecule has 5 aromatic carbocycles. The SMILES string of the molecule is c1ccc(-c2nc(-c3ccccc3)nc(-c3cccc(-c4ccc5nc(-c6nccc7c6sc6ccccc67)cnc5c4)c3)n2)cc1. The van der Waals surface area contributed by atoms with E-state index in [1.807, 2.05) is 91.3 Å². The molecule has 7 heteroatoms. The zero-order valence-electron chi connectivity index (χ0n) is 24.9. The molecule has 9 aromatic rings. The summed E-state index contributed by atoms with van der Waals surface area (Å²) in [5, 5.41) is 2.43. The summed E-state index contributed by atoms with van der Waals surface area (Å²) in [6, 6.07) is 45.1. The fourth-order valence-corrected chi connectivity index (χ4v) is 7.11. The van der Waals surface area contributed by atoms with E-state index in [1.54, 1.807) is 11.3 Å². The Balaban J connectivity index is 1.10. The Morgan fingerprint density at radius 1 is 0.426 bits per heavy atom. The van der Waals surface area contributed by atoms with E-state index in [-0.39, 0.29) is 0 Å². The molecule has 4 heterocycles. The standard InChI is InChI=1S/C40H24N6S/c1-3-10-25(11-4-1)38-44-39(26-12-5-2-6-13-26)46-40(45-38)29-15-9-14-27(22-29)28-18-19-32-33(23-28)42-24-34(43-32)36-37-31(20-21-41-36)30-16-7-8-17-35(30)47-37/h1-24H. The van der Waals surface area contributed by atoms with E-state index in [2.05, 4.69) is 54.6 Å². The van der Waals surface area contributed by atoms with Crippen molar-refractivity contribution < 1.29 is 0 Å². The molecule has 9 rings (SSSR count). The topological polar surface area (TPSA) is 77.3 Å². The molecule has 0 aliphatic heterocycles. The number of rotatable bonds is 5. The molecule has 0 aliphatic rings. The van der Waals surface area contributed by atoms with Gasteiger partial charge in [-0.15, -0.1) is 11.3 Å². The van der Waals surface area contributed by atoms with E-state index in [0.717, 1.165) is 54.9 Å². The minimum atomic E-state index is 0.618. The van der Waals surface area contributed by atoms with Crippen molar-refractivity contribution in [3.63, 3.8) is 0 Å². The molecule has 0 bridgehead atoms. The Hall–Kier alpha value is -6.18. The lowest BCUT2D eigenvalue weighted by atomic mass is 10.0. The highest BCUT2D eigenvalue weighted by Crippen LogP contribution is 2.38. The molecule has 0 fully saturated rings. The average Bonchev–Trinajstić information content (AvgIpc) is 3.54. The summed E-state index contributed by atoms with van der Waals surface area (Å²) in [6.07, 6.45) is 3.69. The number of thiophene rings is 1. The smallest absolute Gasteiger partial charge is 0.164 e. The lowest BCUT2D eigenvalue weighted by Crippen LogP contribution is -2.00. The number of hydrogen-bond acceptors (Lipinski definition) is 7. The Morgan fingerprint density at radius 2 is 1.06 bits per heavy atom. The van der Waals surface area contributed by atoms with Crippen LogP contribution >= 0.6 is 11.3 Å². The number of pyridine rings is 1. The van der Waals surface area contributed by atoms with E-state index >= 15 is 0 Å². The van der Waals surface area contributed by atoms with E-state index < -0.39 is 0 Å². The van der Waals surface area contributed by atoms with E-state index in [0.29, 0.717) is 17.5 Å². The molecule has 47 heavy (non-hydrogen) atoms. The lowest BCUT2D eigenvalue weighted by molar-refractivity contribution is 1.07. The molecular weight excluding hydrogens is 597 g/mol. The molecule has 0 unspecified atom stereocenters. The Bertz CT molecular complexity index is 2520. The Labute approximate surface area is 274 Å². The van der Waals surface area contributed by atoms with Crippen molar-refractivity contribution in [1.82, 2.24) is 29.9 Å². The van der Waals surface area contributed by atoms with Crippen molar-refractivity contribution in [2.24, 2.45) is 0 Å². The minimum Gasteiger partial charge on any atom is -0.253 e. The molecular formula is C40H24N6S. The Kier molecular flexibility index (Phi) is 6.54. The van der Waals surface area contributed by atoms with Crippen molar-refractivity contribution in [2.45, 2.75) is 0 Å². The maximum Gasteiger partial charge on any atom is 0.164 e. The second-order valence-corrected chi connectivity index (χ2v) is 12.3. The molecule has 0 spiro atoms. The van der Waals surface area contributed by atoms with Crippen LogP contribution in [0.15, 0.2) is 146 Å². The van der Waals surface area contributed by atoms with Crippen molar-refractivity contribution in [2.75, 3.05) is 0 Å². The molecule has 0 saturated carbocycles. The van der Waals surface area contributed by atoms with Gasteiger partial charge in [0.1, 0.15) is 11.4 Å². The third kappa shape index (κ3) is 4.99. The maximum atomic E-state index is 5.00. The van der Waals surface area contributed by atoms with Gasteiger partial charge in [0.2, 0.25) is 0 Å². The van der Waals surface area contributed by atoms with Gasteiger partial charge in [-0.2, -0.15) is 0 Å². The van der Waals surface area contributed by atoms with Gasteiger partial charge in [0.05, 0.1) is 21.9 Å². The molecule has 0 atom stereocenters. The number of nitrogens with zero attached hydrogens (tertiary/aromatic N) is 6. The maximum absolute atomic E-state index is 5.00. The summed E-state index contributed by atoms with van der Waals surface area (Å²) in [5.74, 6) is 1.89. The molecule has 6 nitrogen and oxygen atoms in total. The van der Waals surface area contributed by atoms with Crippen LogP contribution in [0.4, 0.5) is 0 Å². The summed E-state index contributed by atoms with van der Waals surface area (Å²) in [4.78, 5) is 29.2. The van der Waals surface area contributed by atoms with Crippen LogP contribution in [0.1, 0.15) is 0 Å². The first-order valence-electron chi connectivity index (χ1n) is 15.3. The van der Waals surface area contributed by atoms with Crippen LogP contribution in [-0.2, 0) is 0 Å². The molecule has 0 N–H and O–H groups in total. The van der Waals surface area contributed by atoms with Gasteiger partial charge in [0.25, 0.3) is 0 Å². The van der Waals surface area contributed by atoms with E-state index in [1.165, 1.54) is 15.5 Å². The Morgan fingerprint density at radius 3 is 1.83 bits per heavy atom. The lowest BCUT2D eigenvalue weighted by Gasteiger charge is -2.10. The summed E-state index contributed by atoms with van der Waals surface area (Å²) in [6.45, 7) is 0. The fourth-order valence-electron chi connectivity index (χ4n) is 5.91. The van der Waals surface area contributed by atoms with Crippen LogP contribution in [0.3, 0.4) is 0 Å². The molecule has 0 amide bonds. The number of hydrogen-bond donors (Lipinski definition) is 0. The van der Waals surface area contributed by atoms with Gasteiger partial charge in [0, 0.05) is 38.4 Å². The zero-order chi connectivity index (χ0) is 31.2. The van der Waals surface area contributed by atoms with Crippen molar-refractivity contribution in [1.29, 1.82) is 0 Å². The first-order valence-corrected chi connectivity index (χ1v) is 16.1. The van der Waals surface area contributed by atoms with Gasteiger partial charge in [-0.1, -0.05) is 103 Å². The molecule has 4 aromatic heterocycles. The van der Waals surface area contributed by atoms with Crippen molar-refractivity contribution in [3.8, 4) is 56.7 Å². The highest BCUT2D eigenvalue weighted by Gasteiger charge is 2.15. The van der Waals surface area contributed by atoms with E-state index in [4.69, 9.17) is 29.9 Å². The monoisotopic (exact) mass is 620 g/mol. The number of aromatic nitrogens is 6. The molecule has 0 aliphatic carbocycles. The van der Waals surface area contributed by atoms with Gasteiger partial charge in [-0.3, -0.25) is 9.97 Å². The van der Waals surface area contributed by atoms with Crippen LogP contribution in [0, 0.1) is 0 Å². The number of benzene rings is 5. The first-order chi connectivity index (χ1) is 23.3. The van der Waals surface area contributed by atoms with Gasteiger partial charge in [0.15, 0.2) is 17.5 Å². The predicted octanol–water partition coefficient (Wildman–Crippen LogP) is 9.91. The summed E-state index contributed by atoms with van der Waals surface area (Å²) in [5.41, 5.74) is 8.12. The van der Waals surface area contributed by atoms with Crippen LogP contribution in [-0.4, -0.2) is 29.9 Å². The quantitative estimate of drug-likeness (QED) is 0.191. The van der Waals surface area contributed by atoms with Crippen LogP contribution in [0.5, 0.6) is 0 Å². The van der Waals surface area contributed by atoms with Crippen molar-refractivity contribution in [3.05, 3.63) is 146 Å². The van der Waals surface area contributed by atoms with Gasteiger partial charge in [-0.25, -0.2) is 19.9 Å². The predicted molar refractivity (Wildman–Crippen MR) is 191 cm³/mol. The molecule has 0 saturated heterocycles.